The van der Waals surface area contributed by atoms with Gasteiger partial charge in [-0.25, -0.2) is 4.98 Å². The quantitative estimate of drug-likeness (QED) is 0.604. The van der Waals surface area contributed by atoms with Crippen LogP contribution in [-0.4, -0.2) is 23.5 Å². The molecule has 0 spiro atoms. The van der Waals surface area contributed by atoms with Gasteiger partial charge in [-0.2, -0.15) is 0 Å². The Morgan fingerprint density at radius 2 is 1.96 bits per heavy atom. The van der Waals surface area contributed by atoms with Gasteiger partial charge in [0.05, 0.1) is 23.0 Å². The predicted octanol–water partition coefficient (Wildman–Crippen LogP) is 5.91. The monoisotopic (exact) mass is 394 g/mol. The second-order valence-corrected chi connectivity index (χ2v) is 14.2. The summed E-state index contributed by atoms with van der Waals surface area (Å²) in [5, 5.41) is 0.256. The second kappa shape index (κ2) is 5.43. The van der Waals surface area contributed by atoms with Crippen LogP contribution in [0.3, 0.4) is 0 Å². The molecule has 23 heavy (non-hydrogen) atoms. The van der Waals surface area contributed by atoms with Crippen LogP contribution in [0.1, 0.15) is 46.6 Å². The summed E-state index contributed by atoms with van der Waals surface area (Å²) in [6.45, 7) is 13.9. The molecule has 0 saturated heterocycles. The lowest BCUT2D eigenvalue weighted by Crippen LogP contribution is -2.54. The maximum Gasteiger partial charge on any atom is 0.192 e. The number of benzene rings is 1. The molecular weight excluding hydrogens is 368 g/mol. The molecule has 2 aromatic rings. The van der Waals surface area contributed by atoms with Gasteiger partial charge < -0.3 is 8.99 Å². The van der Waals surface area contributed by atoms with Gasteiger partial charge in [-0.3, -0.25) is 0 Å². The Labute approximate surface area is 148 Å². The van der Waals surface area contributed by atoms with Crippen molar-refractivity contribution in [2.24, 2.45) is 0 Å². The Morgan fingerprint density at radius 3 is 2.57 bits per heavy atom. The molecular formula is C18H27BrN2OSi. The highest BCUT2D eigenvalue weighted by Gasteiger charge is 2.49. The summed E-state index contributed by atoms with van der Waals surface area (Å²) in [4.78, 5) is 4.54. The summed E-state index contributed by atoms with van der Waals surface area (Å²) in [5.41, 5.74) is 2.26. The van der Waals surface area contributed by atoms with Crippen LogP contribution >= 0.6 is 15.9 Å². The van der Waals surface area contributed by atoms with Crippen molar-refractivity contribution < 1.29 is 4.43 Å². The lowest BCUT2D eigenvalue weighted by Gasteiger charge is -2.52. The Kier molecular flexibility index (Phi) is 4.05. The molecule has 1 saturated carbocycles. The van der Waals surface area contributed by atoms with Gasteiger partial charge in [0.25, 0.3) is 0 Å². The number of hydrogen-bond donors (Lipinski definition) is 0. The lowest BCUT2D eigenvalue weighted by atomic mass is 9.77. The fraction of sp³-hybridized carbons (Fsp3) is 0.611. The summed E-state index contributed by atoms with van der Waals surface area (Å²) in [6, 6.07) is 6.67. The lowest BCUT2D eigenvalue weighted by molar-refractivity contribution is -0.0377. The van der Waals surface area contributed by atoms with Gasteiger partial charge in [0.1, 0.15) is 0 Å². The van der Waals surface area contributed by atoms with Crippen molar-refractivity contribution in [1.29, 1.82) is 0 Å². The highest BCUT2D eigenvalue weighted by molar-refractivity contribution is 9.10. The van der Waals surface area contributed by atoms with Gasteiger partial charge in [-0.15, -0.1) is 0 Å². The third kappa shape index (κ3) is 3.03. The van der Waals surface area contributed by atoms with Crippen LogP contribution in [0.15, 0.2) is 29.0 Å². The molecule has 1 aliphatic carbocycles. The molecule has 0 radical (unpaired) electrons. The van der Waals surface area contributed by atoms with Crippen molar-refractivity contribution in [1.82, 2.24) is 9.55 Å². The number of aromatic nitrogens is 2. The number of halogens is 1. The van der Waals surface area contributed by atoms with Crippen molar-refractivity contribution in [2.45, 2.75) is 70.3 Å². The first-order valence-corrected chi connectivity index (χ1v) is 12.0. The Morgan fingerprint density at radius 1 is 1.30 bits per heavy atom. The normalized spacial score (nSPS) is 25.6. The van der Waals surface area contributed by atoms with E-state index in [1.807, 2.05) is 12.4 Å². The van der Waals surface area contributed by atoms with Crippen LogP contribution in [0.25, 0.3) is 11.0 Å². The zero-order chi connectivity index (χ0) is 17.0. The molecule has 1 aromatic heterocycles. The summed E-state index contributed by atoms with van der Waals surface area (Å²) in [6.07, 6.45) is 4.10. The van der Waals surface area contributed by atoms with E-state index in [2.05, 4.69) is 78.4 Å². The average Bonchev–Trinajstić information content (AvgIpc) is 2.79. The smallest absolute Gasteiger partial charge is 0.192 e. The van der Waals surface area contributed by atoms with E-state index >= 15 is 0 Å². The molecule has 126 valence electrons. The van der Waals surface area contributed by atoms with Crippen LogP contribution in [0.5, 0.6) is 0 Å². The molecule has 1 heterocycles. The maximum absolute atomic E-state index is 6.69. The minimum absolute atomic E-state index is 0.00547. The number of imidazole rings is 1. The van der Waals surface area contributed by atoms with E-state index in [1.165, 1.54) is 5.52 Å². The van der Waals surface area contributed by atoms with Crippen molar-refractivity contribution in [3.8, 4) is 0 Å². The van der Waals surface area contributed by atoms with Crippen LogP contribution in [0.2, 0.25) is 18.1 Å². The number of hydrogen-bond acceptors (Lipinski definition) is 2. The Balaban J connectivity index is 1.78. The molecule has 3 nitrogen and oxygen atoms in total. The van der Waals surface area contributed by atoms with Crippen molar-refractivity contribution in [3.05, 3.63) is 29.0 Å². The molecule has 0 aliphatic heterocycles. The van der Waals surface area contributed by atoms with Crippen molar-refractivity contribution >= 4 is 35.3 Å². The van der Waals surface area contributed by atoms with Crippen LogP contribution in [-0.2, 0) is 4.43 Å². The van der Waals surface area contributed by atoms with Gasteiger partial charge in [0.2, 0.25) is 0 Å². The molecule has 0 N–H and O–H groups in total. The zero-order valence-corrected chi connectivity index (χ0v) is 17.6. The first-order chi connectivity index (χ1) is 10.5. The maximum atomic E-state index is 6.69. The molecule has 0 unspecified atom stereocenters. The molecule has 1 fully saturated rings. The van der Waals surface area contributed by atoms with E-state index in [1.54, 1.807) is 0 Å². The van der Waals surface area contributed by atoms with Gasteiger partial charge in [-0.05, 0) is 66.0 Å². The third-order valence-electron chi connectivity index (χ3n) is 5.58. The molecule has 1 aliphatic rings. The number of para-hydroxylation sites is 1. The summed E-state index contributed by atoms with van der Waals surface area (Å²) in [7, 11) is -1.72. The Bertz CT molecular complexity index is 726. The van der Waals surface area contributed by atoms with Crippen LogP contribution in [0, 0.1) is 0 Å². The van der Waals surface area contributed by atoms with Crippen molar-refractivity contribution in [3.63, 3.8) is 0 Å². The number of fused-ring (bicyclic) bond motifs is 1. The number of nitrogens with zero attached hydrogens (tertiary/aromatic N) is 2. The molecule has 0 amide bonds. The topological polar surface area (TPSA) is 27.1 Å². The fourth-order valence-electron chi connectivity index (χ4n) is 3.31. The highest BCUT2D eigenvalue weighted by atomic mass is 79.9. The second-order valence-electron chi connectivity index (χ2n) is 8.63. The largest absolute Gasteiger partial charge is 0.411 e. The molecule has 3 rings (SSSR count). The van der Waals surface area contributed by atoms with E-state index in [9.17, 15) is 0 Å². The summed E-state index contributed by atoms with van der Waals surface area (Å²) in [5.74, 6) is 0. The van der Waals surface area contributed by atoms with Gasteiger partial charge in [0.15, 0.2) is 8.32 Å². The standard InChI is InChI=1S/C18H27BrN2OSi/c1-17(2,3)23(5,6)22-18(4)10-13(11-18)21-12-20-15-9-7-8-14(19)16(15)21/h7-9,12-13H,10-11H2,1-6H3/t13-,18+. The molecule has 0 bridgehead atoms. The molecule has 1 aromatic carbocycles. The molecule has 5 heteroatoms. The Hall–Kier alpha value is -0.653. The molecule has 0 atom stereocenters. The van der Waals surface area contributed by atoms with E-state index in [0.717, 1.165) is 22.8 Å². The minimum Gasteiger partial charge on any atom is -0.411 e. The van der Waals surface area contributed by atoms with Gasteiger partial charge in [0, 0.05) is 10.5 Å². The van der Waals surface area contributed by atoms with E-state index in [0.29, 0.717) is 6.04 Å². The first kappa shape index (κ1) is 17.2. The third-order valence-corrected chi connectivity index (χ3v) is 10.8. The van der Waals surface area contributed by atoms with Crippen LogP contribution < -0.4 is 0 Å². The zero-order valence-electron chi connectivity index (χ0n) is 15.0. The van der Waals surface area contributed by atoms with E-state index < -0.39 is 8.32 Å². The SMILES string of the molecule is CC(C)(C)[Si](C)(C)O[C@]1(C)C[C@H](n2cnc3cccc(Br)c32)C1. The predicted molar refractivity (Wildman–Crippen MR) is 102 cm³/mol. The first-order valence-electron chi connectivity index (χ1n) is 8.34. The highest BCUT2D eigenvalue weighted by Crippen LogP contribution is 2.50. The fourth-order valence-corrected chi connectivity index (χ4v) is 5.57. The van der Waals surface area contributed by atoms with E-state index in [4.69, 9.17) is 4.43 Å². The summed E-state index contributed by atoms with van der Waals surface area (Å²) < 4.78 is 10.1. The summed E-state index contributed by atoms with van der Waals surface area (Å²) >= 11 is 3.67. The van der Waals surface area contributed by atoms with Crippen molar-refractivity contribution in [2.75, 3.05) is 0 Å². The number of rotatable bonds is 3. The minimum atomic E-state index is -1.72. The average molecular weight is 395 g/mol. The van der Waals surface area contributed by atoms with Gasteiger partial charge in [-0.1, -0.05) is 26.8 Å². The van der Waals surface area contributed by atoms with Crippen LogP contribution in [0.4, 0.5) is 0 Å². The van der Waals surface area contributed by atoms with Gasteiger partial charge >= 0.3 is 0 Å². The van der Waals surface area contributed by atoms with E-state index in [-0.39, 0.29) is 10.6 Å².